The van der Waals surface area contributed by atoms with Crippen LogP contribution in [0, 0.1) is 5.92 Å². The smallest absolute Gasteiger partial charge is 0.256 e. The van der Waals surface area contributed by atoms with E-state index in [-0.39, 0.29) is 5.91 Å². The summed E-state index contributed by atoms with van der Waals surface area (Å²) in [6.45, 7) is 12.8. The van der Waals surface area contributed by atoms with Gasteiger partial charge in [0.1, 0.15) is 11.4 Å². The van der Waals surface area contributed by atoms with Crippen molar-refractivity contribution < 1.29 is 14.3 Å². The van der Waals surface area contributed by atoms with E-state index in [0.29, 0.717) is 13.0 Å². The normalized spacial score (nSPS) is 18.1. The van der Waals surface area contributed by atoms with Crippen molar-refractivity contribution in [2.75, 3.05) is 38.2 Å². The molecule has 1 aromatic rings. The first-order valence-corrected chi connectivity index (χ1v) is 10.4. The summed E-state index contributed by atoms with van der Waals surface area (Å²) < 4.78 is 11.5. The summed E-state index contributed by atoms with van der Waals surface area (Å²) >= 11 is 0. The van der Waals surface area contributed by atoms with Gasteiger partial charge in [-0.05, 0) is 82.8 Å². The number of benzene rings is 1. The number of likely N-dealkylation sites (tertiary alicyclic amines) is 1. The highest BCUT2D eigenvalue weighted by atomic mass is 16.5. The number of hydrogen-bond acceptors (Lipinski definition) is 4. The molecule has 0 radical (unpaired) electrons. The van der Waals surface area contributed by atoms with E-state index in [0.717, 1.165) is 36.9 Å². The maximum atomic E-state index is 12.4. The predicted molar refractivity (Wildman–Crippen MR) is 110 cm³/mol. The molecule has 0 saturated carbocycles. The summed E-state index contributed by atoms with van der Waals surface area (Å²) in [5.74, 6) is 1.60. The van der Waals surface area contributed by atoms with Gasteiger partial charge in [-0.1, -0.05) is 13.8 Å². The molecule has 1 heterocycles. The summed E-state index contributed by atoms with van der Waals surface area (Å²) in [4.78, 5) is 15.0. The Labute approximate surface area is 164 Å². The van der Waals surface area contributed by atoms with Gasteiger partial charge in [0.05, 0.1) is 6.61 Å². The molecule has 0 aliphatic carbocycles. The first-order valence-electron chi connectivity index (χ1n) is 10.4. The number of carbonyl (C=O) groups is 1. The number of piperidine rings is 1. The van der Waals surface area contributed by atoms with Crippen LogP contribution in [0.25, 0.3) is 0 Å². The molecule has 1 atom stereocenters. The van der Waals surface area contributed by atoms with Crippen molar-refractivity contribution in [2.45, 2.75) is 59.0 Å². The number of rotatable bonds is 10. The summed E-state index contributed by atoms with van der Waals surface area (Å²) in [6, 6.07) is 7.56. The van der Waals surface area contributed by atoms with Crippen LogP contribution in [0.15, 0.2) is 24.3 Å². The molecule has 5 nitrogen and oxygen atoms in total. The molecule has 1 fully saturated rings. The monoisotopic (exact) mass is 376 g/mol. The lowest BCUT2D eigenvalue weighted by atomic mass is 9.99. The second-order valence-electron chi connectivity index (χ2n) is 7.72. The Bertz CT molecular complexity index is 567. The quantitative estimate of drug-likeness (QED) is 0.618. The second kappa shape index (κ2) is 10.7. The highest BCUT2D eigenvalue weighted by Gasteiger charge is 2.31. The van der Waals surface area contributed by atoms with E-state index in [2.05, 4.69) is 17.1 Å². The SMILES string of the molecule is CCO[C@@](C)(CC)C(=O)Nc1ccc(OCCCN2CCC(C)CC2)cc1. The van der Waals surface area contributed by atoms with E-state index in [1.54, 1.807) is 0 Å². The summed E-state index contributed by atoms with van der Waals surface area (Å²) in [7, 11) is 0. The molecule has 0 spiro atoms. The third-order valence-electron chi connectivity index (χ3n) is 5.49. The molecule has 152 valence electrons. The third-order valence-corrected chi connectivity index (χ3v) is 5.49. The topological polar surface area (TPSA) is 50.8 Å². The van der Waals surface area contributed by atoms with E-state index >= 15 is 0 Å². The fraction of sp³-hybridized carbons (Fsp3) is 0.682. The van der Waals surface area contributed by atoms with Gasteiger partial charge in [0.15, 0.2) is 0 Å². The fourth-order valence-corrected chi connectivity index (χ4v) is 3.31. The highest BCUT2D eigenvalue weighted by Crippen LogP contribution is 2.21. The molecule has 27 heavy (non-hydrogen) atoms. The Kier molecular flexibility index (Phi) is 8.58. The van der Waals surface area contributed by atoms with Crippen LogP contribution in [0.4, 0.5) is 5.69 Å². The summed E-state index contributed by atoms with van der Waals surface area (Å²) in [5.41, 5.74) is -0.0370. The molecule has 2 rings (SSSR count). The van der Waals surface area contributed by atoms with E-state index in [4.69, 9.17) is 9.47 Å². The van der Waals surface area contributed by atoms with Crippen LogP contribution in [-0.4, -0.2) is 49.3 Å². The van der Waals surface area contributed by atoms with Crippen molar-refractivity contribution in [1.29, 1.82) is 0 Å². The van der Waals surface area contributed by atoms with Gasteiger partial charge >= 0.3 is 0 Å². The van der Waals surface area contributed by atoms with Crippen molar-refractivity contribution >= 4 is 11.6 Å². The van der Waals surface area contributed by atoms with Gasteiger partial charge in [-0.25, -0.2) is 0 Å². The van der Waals surface area contributed by atoms with Crippen LogP contribution in [-0.2, 0) is 9.53 Å². The number of nitrogens with zero attached hydrogens (tertiary/aromatic N) is 1. The van der Waals surface area contributed by atoms with Gasteiger partial charge < -0.3 is 19.7 Å². The van der Waals surface area contributed by atoms with Crippen LogP contribution in [0.1, 0.15) is 53.4 Å². The zero-order valence-electron chi connectivity index (χ0n) is 17.4. The molecule has 1 aliphatic rings. The van der Waals surface area contributed by atoms with Crippen molar-refractivity contribution in [3.63, 3.8) is 0 Å². The summed E-state index contributed by atoms with van der Waals surface area (Å²) in [6.07, 6.45) is 4.29. The zero-order chi connectivity index (χ0) is 19.7. The molecule has 1 saturated heterocycles. The Hall–Kier alpha value is -1.59. The molecule has 1 N–H and O–H groups in total. The summed E-state index contributed by atoms with van der Waals surface area (Å²) in [5, 5.41) is 2.93. The van der Waals surface area contributed by atoms with Crippen molar-refractivity contribution in [3.05, 3.63) is 24.3 Å². The lowest BCUT2D eigenvalue weighted by molar-refractivity contribution is -0.139. The fourth-order valence-electron chi connectivity index (χ4n) is 3.31. The average molecular weight is 377 g/mol. The molecule has 1 aromatic carbocycles. The molecule has 1 amide bonds. The minimum Gasteiger partial charge on any atom is -0.494 e. The van der Waals surface area contributed by atoms with Gasteiger partial charge in [-0.15, -0.1) is 0 Å². The predicted octanol–water partition coefficient (Wildman–Crippen LogP) is 4.33. The van der Waals surface area contributed by atoms with Gasteiger partial charge in [-0.3, -0.25) is 4.79 Å². The number of hydrogen-bond donors (Lipinski definition) is 1. The number of anilines is 1. The number of ether oxygens (including phenoxy) is 2. The zero-order valence-corrected chi connectivity index (χ0v) is 17.4. The lowest BCUT2D eigenvalue weighted by Gasteiger charge is -2.30. The van der Waals surface area contributed by atoms with Crippen molar-refractivity contribution in [1.82, 2.24) is 4.90 Å². The lowest BCUT2D eigenvalue weighted by Crippen LogP contribution is -2.42. The maximum absolute atomic E-state index is 12.4. The van der Waals surface area contributed by atoms with Crippen LogP contribution in [0.5, 0.6) is 5.75 Å². The van der Waals surface area contributed by atoms with Gasteiger partial charge in [-0.2, -0.15) is 0 Å². The molecule has 0 bridgehead atoms. The molecule has 1 aliphatic heterocycles. The molecular weight excluding hydrogens is 340 g/mol. The molecule has 0 unspecified atom stereocenters. The molecule has 5 heteroatoms. The number of amides is 1. The van der Waals surface area contributed by atoms with Crippen LogP contribution >= 0.6 is 0 Å². The largest absolute Gasteiger partial charge is 0.494 e. The van der Waals surface area contributed by atoms with Gasteiger partial charge in [0, 0.05) is 18.8 Å². The Balaban J connectivity index is 1.72. The number of nitrogens with one attached hydrogen (secondary N) is 1. The Morgan fingerprint density at radius 3 is 2.48 bits per heavy atom. The van der Waals surface area contributed by atoms with Crippen LogP contribution in [0.2, 0.25) is 0 Å². The number of carbonyl (C=O) groups excluding carboxylic acids is 1. The van der Waals surface area contributed by atoms with Crippen LogP contribution in [0.3, 0.4) is 0 Å². The maximum Gasteiger partial charge on any atom is 0.256 e. The average Bonchev–Trinajstić information content (AvgIpc) is 2.68. The van der Waals surface area contributed by atoms with E-state index < -0.39 is 5.60 Å². The van der Waals surface area contributed by atoms with Crippen molar-refractivity contribution in [3.8, 4) is 5.75 Å². The first kappa shape index (κ1) is 21.7. The highest BCUT2D eigenvalue weighted by molar-refractivity contribution is 5.97. The van der Waals surface area contributed by atoms with E-state index in [1.807, 2.05) is 45.0 Å². The van der Waals surface area contributed by atoms with E-state index in [9.17, 15) is 4.79 Å². The van der Waals surface area contributed by atoms with Crippen LogP contribution < -0.4 is 10.1 Å². The molecular formula is C22H36N2O3. The third kappa shape index (κ3) is 6.82. The minimum atomic E-state index is -0.795. The van der Waals surface area contributed by atoms with E-state index in [1.165, 1.54) is 25.9 Å². The standard InChI is InChI=1S/C22H36N2O3/c1-5-22(4,27-6-2)21(25)23-19-8-10-20(11-9-19)26-17-7-14-24-15-12-18(3)13-16-24/h8-11,18H,5-7,12-17H2,1-4H3,(H,23,25)/t22-/m0/s1. The first-order chi connectivity index (χ1) is 13.0. The van der Waals surface area contributed by atoms with Gasteiger partial charge in [0.2, 0.25) is 0 Å². The Morgan fingerprint density at radius 2 is 1.89 bits per heavy atom. The Morgan fingerprint density at radius 1 is 1.22 bits per heavy atom. The second-order valence-corrected chi connectivity index (χ2v) is 7.72. The van der Waals surface area contributed by atoms with Crippen molar-refractivity contribution in [2.24, 2.45) is 5.92 Å². The van der Waals surface area contributed by atoms with Gasteiger partial charge in [0.25, 0.3) is 5.91 Å². The minimum absolute atomic E-state index is 0.114. The molecule has 0 aromatic heterocycles.